The first-order valence-corrected chi connectivity index (χ1v) is 4.34. The molecule has 1 atom stereocenters. The predicted molar refractivity (Wildman–Crippen MR) is 50.8 cm³/mol. The third-order valence-electron chi connectivity index (χ3n) is 2.09. The van der Waals surface area contributed by atoms with E-state index in [-0.39, 0.29) is 5.91 Å². The largest absolute Gasteiger partial charge is 0.503 e. The second-order valence-electron chi connectivity index (χ2n) is 3.31. The quantitative estimate of drug-likeness (QED) is 0.477. The molecular weight excluding hydrogens is 166 g/mol. The Bertz CT molecular complexity index is 245. The molecule has 0 aromatic heterocycles. The summed E-state index contributed by atoms with van der Waals surface area (Å²) in [5, 5.41) is 0. The molecule has 0 saturated carbocycles. The average molecular weight is 181 g/mol. The van der Waals surface area contributed by atoms with Crippen LogP contribution in [-0.4, -0.2) is 24.5 Å². The number of ether oxygens (including phenoxy) is 1. The fourth-order valence-corrected chi connectivity index (χ4v) is 1.55. The van der Waals surface area contributed by atoms with Crippen LogP contribution in [-0.2, 0) is 9.53 Å². The summed E-state index contributed by atoms with van der Waals surface area (Å²) in [6.45, 7) is 6.34. The van der Waals surface area contributed by atoms with Crippen LogP contribution in [0.25, 0.3) is 0 Å². The maximum Gasteiger partial charge on any atom is 0.250 e. The van der Waals surface area contributed by atoms with Crippen molar-refractivity contribution < 1.29 is 9.53 Å². The molecule has 0 aliphatic carbocycles. The zero-order valence-electron chi connectivity index (χ0n) is 8.12. The lowest BCUT2D eigenvalue weighted by molar-refractivity contribution is -0.123. The Morgan fingerprint density at radius 2 is 2.46 bits per heavy atom. The smallest absolute Gasteiger partial charge is 0.250 e. The normalized spacial score (nSPS) is 24.9. The Kier molecular flexibility index (Phi) is 3.12. The van der Waals surface area contributed by atoms with E-state index in [9.17, 15) is 4.79 Å². The van der Waals surface area contributed by atoms with Crippen LogP contribution in [0.1, 0.15) is 13.3 Å². The summed E-state index contributed by atoms with van der Waals surface area (Å²) >= 11 is 0. The third-order valence-corrected chi connectivity index (χ3v) is 2.09. The number of carbonyl (C=O) groups excluding carboxylic acids is 1. The maximum atomic E-state index is 11.4. The van der Waals surface area contributed by atoms with Crippen molar-refractivity contribution >= 4 is 5.91 Å². The van der Waals surface area contributed by atoms with Gasteiger partial charge in [0.2, 0.25) is 5.91 Å². The van der Waals surface area contributed by atoms with Gasteiger partial charge < -0.3 is 9.64 Å². The Morgan fingerprint density at radius 3 is 3.00 bits per heavy atom. The van der Waals surface area contributed by atoms with E-state index in [1.54, 1.807) is 18.3 Å². The second kappa shape index (κ2) is 4.12. The summed E-state index contributed by atoms with van der Waals surface area (Å²) in [5.41, 5.74) is 0.944. The van der Waals surface area contributed by atoms with Gasteiger partial charge in [-0.1, -0.05) is 13.5 Å². The van der Waals surface area contributed by atoms with Gasteiger partial charge in [-0.05, 0) is 18.4 Å². The number of allylic oxidation sites excluding steroid dienone is 1. The number of methoxy groups -OCH3 is 1. The molecule has 0 spiro atoms. The topological polar surface area (TPSA) is 29.5 Å². The third kappa shape index (κ3) is 2.11. The molecule has 3 heteroatoms. The Hall–Kier alpha value is -1.25. The van der Waals surface area contributed by atoms with Crippen LogP contribution in [0.15, 0.2) is 24.6 Å². The van der Waals surface area contributed by atoms with Gasteiger partial charge in [-0.25, -0.2) is 0 Å². The van der Waals surface area contributed by atoms with E-state index in [1.807, 2.05) is 0 Å². The fourth-order valence-electron chi connectivity index (χ4n) is 1.55. The molecule has 1 unspecified atom stereocenters. The summed E-state index contributed by atoms with van der Waals surface area (Å²) in [6, 6.07) is 0. The molecule has 72 valence electrons. The minimum atomic E-state index is -0.0485. The van der Waals surface area contributed by atoms with E-state index in [0.717, 1.165) is 18.7 Å². The number of amides is 1. The molecule has 1 aliphatic heterocycles. The van der Waals surface area contributed by atoms with Crippen molar-refractivity contribution in [2.45, 2.75) is 13.3 Å². The highest BCUT2D eigenvalue weighted by Crippen LogP contribution is 2.26. The van der Waals surface area contributed by atoms with Crippen molar-refractivity contribution in [1.29, 1.82) is 0 Å². The van der Waals surface area contributed by atoms with Crippen LogP contribution in [0, 0.1) is 5.92 Å². The standard InChI is InChI=1S/C10H15NO2/c1-4-10(12)11-6-8(2)5-9(11)7-13-3/h4,7-8H,1,5-6H2,2-3H3/b9-7+. The van der Waals surface area contributed by atoms with E-state index in [0.29, 0.717) is 5.92 Å². The van der Waals surface area contributed by atoms with Crippen molar-refractivity contribution in [3.63, 3.8) is 0 Å². The molecule has 1 fully saturated rings. The molecule has 1 amide bonds. The molecule has 1 rings (SSSR count). The lowest BCUT2D eigenvalue weighted by Crippen LogP contribution is -2.25. The van der Waals surface area contributed by atoms with Gasteiger partial charge in [0.05, 0.1) is 12.8 Å². The lowest BCUT2D eigenvalue weighted by Gasteiger charge is -2.14. The highest BCUT2D eigenvalue weighted by atomic mass is 16.5. The molecule has 1 heterocycles. The molecule has 1 aliphatic rings. The van der Waals surface area contributed by atoms with E-state index >= 15 is 0 Å². The maximum absolute atomic E-state index is 11.4. The summed E-state index contributed by atoms with van der Waals surface area (Å²) < 4.78 is 4.91. The van der Waals surface area contributed by atoms with E-state index < -0.39 is 0 Å². The van der Waals surface area contributed by atoms with Crippen molar-refractivity contribution in [3.05, 3.63) is 24.6 Å². The molecular formula is C10H15NO2. The Morgan fingerprint density at radius 1 is 1.77 bits per heavy atom. The van der Waals surface area contributed by atoms with Gasteiger partial charge in [0.15, 0.2) is 0 Å². The van der Waals surface area contributed by atoms with Gasteiger partial charge in [-0.3, -0.25) is 4.79 Å². The lowest BCUT2D eigenvalue weighted by atomic mass is 10.1. The molecule has 1 saturated heterocycles. The van der Waals surface area contributed by atoms with Crippen molar-refractivity contribution in [2.24, 2.45) is 5.92 Å². The van der Waals surface area contributed by atoms with Crippen molar-refractivity contribution in [1.82, 2.24) is 4.90 Å². The number of nitrogens with zero attached hydrogens (tertiary/aromatic N) is 1. The summed E-state index contributed by atoms with van der Waals surface area (Å²) in [7, 11) is 1.59. The molecule has 0 N–H and O–H groups in total. The predicted octanol–water partition coefficient (Wildman–Crippen LogP) is 1.53. The van der Waals surface area contributed by atoms with Crippen molar-refractivity contribution in [3.8, 4) is 0 Å². The van der Waals surface area contributed by atoms with Gasteiger partial charge in [0.1, 0.15) is 6.26 Å². The van der Waals surface area contributed by atoms with Crippen LogP contribution in [0.2, 0.25) is 0 Å². The minimum Gasteiger partial charge on any atom is -0.503 e. The first kappa shape index (κ1) is 9.84. The van der Waals surface area contributed by atoms with Crippen LogP contribution in [0.5, 0.6) is 0 Å². The monoisotopic (exact) mass is 181 g/mol. The van der Waals surface area contributed by atoms with E-state index in [4.69, 9.17) is 4.74 Å². The van der Waals surface area contributed by atoms with Gasteiger partial charge in [-0.2, -0.15) is 0 Å². The van der Waals surface area contributed by atoms with Crippen molar-refractivity contribution in [2.75, 3.05) is 13.7 Å². The van der Waals surface area contributed by atoms with Gasteiger partial charge in [-0.15, -0.1) is 0 Å². The number of hydrogen-bond donors (Lipinski definition) is 0. The molecule has 0 bridgehead atoms. The molecule has 0 radical (unpaired) electrons. The Labute approximate surface area is 78.7 Å². The van der Waals surface area contributed by atoms with Gasteiger partial charge in [0, 0.05) is 6.54 Å². The average Bonchev–Trinajstić information content (AvgIpc) is 2.46. The summed E-state index contributed by atoms with van der Waals surface area (Å²) in [6.07, 6.45) is 3.86. The molecule has 0 aromatic rings. The van der Waals surface area contributed by atoms with Gasteiger partial charge >= 0.3 is 0 Å². The summed E-state index contributed by atoms with van der Waals surface area (Å²) in [5.74, 6) is 0.456. The molecule has 3 nitrogen and oxygen atoms in total. The highest BCUT2D eigenvalue weighted by Gasteiger charge is 2.26. The highest BCUT2D eigenvalue weighted by molar-refractivity contribution is 5.88. The minimum absolute atomic E-state index is 0.0485. The zero-order chi connectivity index (χ0) is 9.84. The first-order valence-electron chi connectivity index (χ1n) is 4.34. The molecule has 13 heavy (non-hydrogen) atoms. The van der Waals surface area contributed by atoms with Crippen LogP contribution < -0.4 is 0 Å². The van der Waals surface area contributed by atoms with E-state index in [2.05, 4.69) is 13.5 Å². The number of carbonyl (C=O) groups is 1. The fraction of sp³-hybridized carbons (Fsp3) is 0.500. The zero-order valence-corrected chi connectivity index (χ0v) is 8.12. The SMILES string of the molecule is C=CC(=O)N1CC(C)C/C1=C\OC. The van der Waals surface area contributed by atoms with E-state index in [1.165, 1.54) is 6.08 Å². The number of hydrogen-bond acceptors (Lipinski definition) is 2. The first-order chi connectivity index (χ1) is 6.19. The summed E-state index contributed by atoms with van der Waals surface area (Å²) in [4.78, 5) is 13.1. The van der Waals surface area contributed by atoms with Crippen LogP contribution in [0.3, 0.4) is 0 Å². The van der Waals surface area contributed by atoms with Gasteiger partial charge in [0.25, 0.3) is 0 Å². The van der Waals surface area contributed by atoms with Crippen LogP contribution >= 0.6 is 0 Å². The number of rotatable bonds is 2. The van der Waals surface area contributed by atoms with Crippen LogP contribution in [0.4, 0.5) is 0 Å². The Balaban J connectivity index is 2.77. The second-order valence-corrected chi connectivity index (χ2v) is 3.31. The number of likely N-dealkylation sites (tertiary alicyclic amines) is 1. The molecule has 0 aromatic carbocycles.